The standard InChI is InChI=1S/C18H27N5O/c1-21-10-15(8-19-21)7-17-18(24-13-14-3-4-14)5-6-23(17)12-16-9-20-22(2)11-16/h8-11,14,17-18H,3-7,12-13H2,1-2H3/t17-,18-/m0/s1. The lowest BCUT2D eigenvalue weighted by atomic mass is 10.0. The molecule has 0 N–H and O–H groups in total. The molecule has 3 heterocycles. The number of rotatable bonds is 7. The molecule has 2 aliphatic rings. The highest BCUT2D eigenvalue weighted by Crippen LogP contribution is 2.32. The predicted molar refractivity (Wildman–Crippen MR) is 91.4 cm³/mol. The highest BCUT2D eigenvalue weighted by molar-refractivity contribution is 5.11. The molecular weight excluding hydrogens is 302 g/mol. The summed E-state index contributed by atoms with van der Waals surface area (Å²) in [5, 5.41) is 8.63. The van der Waals surface area contributed by atoms with E-state index in [1.165, 1.54) is 24.0 Å². The van der Waals surface area contributed by atoms with E-state index in [4.69, 9.17) is 4.74 Å². The first kappa shape index (κ1) is 15.8. The van der Waals surface area contributed by atoms with Crippen LogP contribution in [0, 0.1) is 5.92 Å². The second kappa shape index (κ2) is 6.69. The molecule has 130 valence electrons. The van der Waals surface area contributed by atoms with Gasteiger partial charge >= 0.3 is 0 Å². The molecule has 0 spiro atoms. The Hall–Kier alpha value is -1.66. The van der Waals surface area contributed by atoms with E-state index >= 15 is 0 Å². The Labute approximate surface area is 143 Å². The molecule has 1 saturated carbocycles. The van der Waals surface area contributed by atoms with E-state index < -0.39 is 0 Å². The van der Waals surface area contributed by atoms with Crippen LogP contribution >= 0.6 is 0 Å². The van der Waals surface area contributed by atoms with Crippen molar-refractivity contribution in [2.24, 2.45) is 20.0 Å². The van der Waals surface area contributed by atoms with Gasteiger partial charge in [0.1, 0.15) is 0 Å². The third-order valence-electron chi connectivity index (χ3n) is 5.19. The van der Waals surface area contributed by atoms with Crippen molar-refractivity contribution >= 4 is 0 Å². The van der Waals surface area contributed by atoms with Gasteiger partial charge in [0.25, 0.3) is 0 Å². The lowest BCUT2D eigenvalue weighted by Crippen LogP contribution is -2.38. The van der Waals surface area contributed by atoms with Crippen molar-refractivity contribution in [2.45, 2.75) is 44.4 Å². The minimum Gasteiger partial charge on any atom is -0.376 e. The van der Waals surface area contributed by atoms with Gasteiger partial charge in [-0.1, -0.05) is 0 Å². The summed E-state index contributed by atoms with van der Waals surface area (Å²) in [5.74, 6) is 0.816. The van der Waals surface area contributed by atoms with Crippen molar-refractivity contribution < 1.29 is 4.74 Å². The van der Waals surface area contributed by atoms with Crippen molar-refractivity contribution in [3.05, 3.63) is 35.9 Å². The maximum absolute atomic E-state index is 6.30. The molecule has 1 saturated heterocycles. The van der Waals surface area contributed by atoms with Crippen molar-refractivity contribution in [2.75, 3.05) is 13.2 Å². The quantitative estimate of drug-likeness (QED) is 0.777. The van der Waals surface area contributed by atoms with Crippen LogP contribution in [0.1, 0.15) is 30.4 Å². The Balaban J connectivity index is 1.45. The number of aryl methyl sites for hydroxylation is 2. The van der Waals surface area contributed by atoms with Crippen LogP contribution in [0.4, 0.5) is 0 Å². The van der Waals surface area contributed by atoms with Gasteiger partial charge in [-0.2, -0.15) is 10.2 Å². The molecule has 4 rings (SSSR count). The van der Waals surface area contributed by atoms with Gasteiger partial charge in [0.2, 0.25) is 0 Å². The van der Waals surface area contributed by atoms with Gasteiger partial charge in [-0.25, -0.2) is 0 Å². The molecule has 0 amide bonds. The van der Waals surface area contributed by atoms with Crippen molar-refractivity contribution in [3.63, 3.8) is 0 Å². The summed E-state index contributed by atoms with van der Waals surface area (Å²) in [4.78, 5) is 2.56. The molecule has 1 aliphatic carbocycles. The molecule has 2 aromatic rings. The van der Waals surface area contributed by atoms with Crippen LogP contribution in [0.5, 0.6) is 0 Å². The van der Waals surface area contributed by atoms with E-state index in [0.717, 1.165) is 38.5 Å². The largest absolute Gasteiger partial charge is 0.376 e. The molecule has 6 heteroatoms. The van der Waals surface area contributed by atoms with Gasteiger partial charge in [-0.05, 0) is 37.2 Å². The Morgan fingerprint density at radius 1 is 1.04 bits per heavy atom. The highest BCUT2D eigenvalue weighted by atomic mass is 16.5. The summed E-state index contributed by atoms with van der Waals surface area (Å²) in [6.07, 6.45) is 13.3. The lowest BCUT2D eigenvalue weighted by Gasteiger charge is -2.27. The zero-order chi connectivity index (χ0) is 16.5. The molecule has 0 aromatic carbocycles. The fraction of sp³-hybridized carbons (Fsp3) is 0.667. The first-order valence-corrected chi connectivity index (χ1v) is 8.98. The van der Waals surface area contributed by atoms with Gasteiger partial charge in [-0.15, -0.1) is 0 Å². The fourth-order valence-corrected chi connectivity index (χ4v) is 3.69. The maximum atomic E-state index is 6.30. The maximum Gasteiger partial charge on any atom is 0.0745 e. The molecule has 0 radical (unpaired) electrons. The molecule has 24 heavy (non-hydrogen) atoms. The Kier molecular flexibility index (Phi) is 4.41. The van der Waals surface area contributed by atoms with Crippen molar-refractivity contribution in [1.29, 1.82) is 0 Å². The molecule has 0 bridgehead atoms. The highest BCUT2D eigenvalue weighted by Gasteiger charge is 2.36. The van der Waals surface area contributed by atoms with Gasteiger partial charge in [0.05, 0.1) is 18.5 Å². The Morgan fingerprint density at radius 2 is 1.75 bits per heavy atom. The first-order valence-electron chi connectivity index (χ1n) is 8.98. The lowest BCUT2D eigenvalue weighted by molar-refractivity contribution is 0.0196. The summed E-state index contributed by atoms with van der Waals surface area (Å²) in [7, 11) is 3.95. The van der Waals surface area contributed by atoms with Crippen LogP contribution in [0.25, 0.3) is 0 Å². The number of nitrogens with zero attached hydrogens (tertiary/aromatic N) is 5. The average molecular weight is 329 g/mol. The van der Waals surface area contributed by atoms with Crippen LogP contribution < -0.4 is 0 Å². The minimum atomic E-state index is 0.336. The molecule has 1 aliphatic heterocycles. The molecule has 2 fully saturated rings. The molecule has 2 aromatic heterocycles. The van der Waals surface area contributed by atoms with Gasteiger partial charge in [0.15, 0.2) is 0 Å². The van der Waals surface area contributed by atoms with Crippen LogP contribution in [-0.2, 0) is 31.8 Å². The normalized spacial score (nSPS) is 24.8. The zero-order valence-corrected chi connectivity index (χ0v) is 14.6. The molecule has 2 atom stereocenters. The summed E-state index contributed by atoms with van der Waals surface area (Å²) >= 11 is 0. The van der Waals surface area contributed by atoms with Crippen LogP contribution in [0.15, 0.2) is 24.8 Å². The van der Waals surface area contributed by atoms with Crippen LogP contribution in [-0.4, -0.2) is 49.8 Å². The molecule has 6 nitrogen and oxygen atoms in total. The minimum absolute atomic E-state index is 0.336. The summed E-state index contributed by atoms with van der Waals surface area (Å²) in [5.41, 5.74) is 2.57. The Morgan fingerprint density at radius 3 is 2.38 bits per heavy atom. The first-order chi connectivity index (χ1) is 11.7. The second-order valence-corrected chi connectivity index (χ2v) is 7.39. The number of ether oxygens (including phenoxy) is 1. The third-order valence-corrected chi connectivity index (χ3v) is 5.19. The summed E-state index contributed by atoms with van der Waals surface area (Å²) in [6, 6.07) is 0.424. The van der Waals surface area contributed by atoms with E-state index in [1.807, 2.05) is 35.9 Å². The average Bonchev–Trinajstić information content (AvgIpc) is 2.98. The van der Waals surface area contributed by atoms with Crippen LogP contribution in [0.2, 0.25) is 0 Å². The smallest absolute Gasteiger partial charge is 0.0745 e. The van der Waals surface area contributed by atoms with Gasteiger partial charge in [-0.3, -0.25) is 14.3 Å². The van der Waals surface area contributed by atoms with Crippen molar-refractivity contribution in [1.82, 2.24) is 24.5 Å². The third kappa shape index (κ3) is 3.70. The monoisotopic (exact) mass is 329 g/mol. The van der Waals surface area contributed by atoms with E-state index in [1.54, 1.807) is 0 Å². The number of hydrogen-bond acceptors (Lipinski definition) is 4. The van der Waals surface area contributed by atoms with E-state index in [-0.39, 0.29) is 0 Å². The Bertz CT molecular complexity index is 675. The fourth-order valence-electron chi connectivity index (χ4n) is 3.69. The number of likely N-dealkylation sites (tertiary alicyclic amines) is 1. The zero-order valence-electron chi connectivity index (χ0n) is 14.6. The van der Waals surface area contributed by atoms with E-state index in [9.17, 15) is 0 Å². The second-order valence-electron chi connectivity index (χ2n) is 7.39. The topological polar surface area (TPSA) is 48.1 Å². The molecule has 0 unspecified atom stereocenters. The number of aromatic nitrogens is 4. The van der Waals surface area contributed by atoms with Gasteiger partial charge < -0.3 is 4.74 Å². The summed E-state index contributed by atoms with van der Waals surface area (Å²) in [6.45, 7) is 2.98. The predicted octanol–water partition coefficient (Wildman–Crippen LogP) is 1.77. The van der Waals surface area contributed by atoms with E-state index in [0.29, 0.717) is 12.1 Å². The van der Waals surface area contributed by atoms with Crippen molar-refractivity contribution in [3.8, 4) is 0 Å². The van der Waals surface area contributed by atoms with Crippen LogP contribution in [0.3, 0.4) is 0 Å². The van der Waals surface area contributed by atoms with Gasteiger partial charge in [0, 0.05) is 57.8 Å². The van der Waals surface area contributed by atoms with E-state index in [2.05, 4.69) is 27.5 Å². The SMILES string of the molecule is Cn1cc(C[C@H]2[C@@H](OCC3CC3)CCN2Cc2cnn(C)c2)cn1. The summed E-state index contributed by atoms with van der Waals surface area (Å²) < 4.78 is 10.1. The molecular formula is C18H27N5O. The number of hydrogen-bond donors (Lipinski definition) is 0.